The van der Waals surface area contributed by atoms with Gasteiger partial charge >= 0.3 is 0 Å². The minimum atomic E-state index is -0.138. The zero-order chi connectivity index (χ0) is 20.3. The molecule has 0 fully saturated rings. The van der Waals surface area contributed by atoms with E-state index in [-0.39, 0.29) is 11.9 Å². The normalized spacial score (nSPS) is 12.1. The molecule has 0 N–H and O–H groups in total. The number of nitrogens with zero attached hydrogens (tertiary/aromatic N) is 4. The summed E-state index contributed by atoms with van der Waals surface area (Å²) in [5.41, 5.74) is 3.89. The fourth-order valence-corrected chi connectivity index (χ4v) is 3.49. The highest BCUT2D eigenvalue weighted by Crippen LogP contribution is 2.27. The molecule has 146 valence electrons. The lowest BCUT2D eigenvalue weighted by molar-refractivity contribution is -0.132. The van der Waals surface area contributed by atoms with Gasteiger partial charge in [0.15, 0.2) is 0 Å². The molecule has 0 bridgehead atoms. The number of furan rings is 1. The Kier molecular flexibility index (Phi) is 5.84. The summed E-state index contributed by atoms with van der Waals surface area (Å²) in [6.07, 6.45) is 1.48. The Morgan fingerprint density at radius 3 is 2.82 bits per heavy atom. The van der Waals surface area contributed by atoms with Crippen molar-refractivity contribution in [1.82, 2.24) is 14.7 Å². The molecular formula is C22H26N4O2. The zero-order valence-corrected chi connectivity index (χ0v) is 16.9. The van der Waals surface area contributed by atoms with Crippen LogP contribution < -0.4 is 0 Å². The molecule has 0 radical (unpaired) electrons. The van der Waals surface area contributed by atoms with E-state index in [0.29, 0.717) is 25.8 Å². The lowest BCUT2D eigenvalue weighted by Gasteiger charge is -2.23. The van der Waals surface area contributed by atoms with Crippen LogP contribution in [0.4, 0.5) is 0 Å². The van der Waals surface area contributed by atoms with E-state index >= 15 is 0 Å². The molecule has 2 aromatic heterocycles. The first-order valence-electron chi connectivity index (χ1n) is 9.56. The molecule has 1 atom stereocenters. The van der Waals surface area contributed by atoms with Gasteiger partial charge in [-0.15, -0.1) is 0 Å². The molecule has 1 unspecified atom stereocenters. The van der Waals surface area contributed by atoms with E-state index in [2.05, 4.69) is 11.2 Å². The van der Waals surface area contributed by atoms with Crippen molar-refractivity contribution in [2.24, 2.45) is 0 Å². The maximum Gasteiger partial charge on any atom is 0.223 e. The van der Waals surface area contributed by atoms with Gasteiger partial charge in [0.2, 0.25) is 5.91 Å². The van der Waals surface area contributed by atoms with Crippen molar-refractivity contribution in [1.29, 1.82) is 5.26 Å². The van der Waals surface area contributed by atoms with Crippen molar-refractivity contribution in [3.05, 3.63) is 53.0 Å². The van der Waals surface area contributed by atoms with Crippen molar-refractivity contribution in [2.75, 3.05) is 7.05 Å². The quantitative estimate of drug-likeness (QED) is 0.614. The Hall–Kier alpha value is -3.07. The smallest absolute Gasteiger partial charge is 0.223 e. The minimum absolute atomic E-state index is 0.0662. The molecule has 3 rings (SSSR count). The maximum atomic E-state index is 12.8. The average Bonchev–Trinajstić information content (AvgIpc) is 3.24. The van der Waals surface area contributed by atoms with Crippen LogP contribution in [0.15, 0.2) is 34.7 Å². The maximum absolute atomic E-state index is 12.8. The monoisotopic (exact) mass is 378 g/mol. The van der Waals surface area contributed by atoms with Gasteiger partial charge in [-0.05, 0) is 44.9 Å². The summed E-state index contributed by atoms with van der Waals surface area (Å²) in [6, 6.07) is 11.9. The van der Waals surface area contributed by atoms with Crippen LogP contribution in [0.5, 0.6) is 0 Å². The Morgan fingerprint density at radius 2 is 2.11 bits per heavy atom. The molecule has 6 heteroatoms. The summed E-state index contributed by atoms with van der Waals surface area (Å²) >= 11 is 0. The zero-order valence-electron chi connectivity index (χ0n) is 16.9. The first kappa shape index (κ1) is 19.7. The number of carbonyl (C=O) groups excluding carboxylic acids is 1. The number of amides is 1. The first-order valence-corrected chi connectivity index (χ1v) is 9.56. The van der Waals surface area contributed by atoms with Crippen molar-refractivity contribution >= 4 is 16.9 Å². The molecule has 1 aromatic carbocycles. The lowest BCUT2D eigenvalue weighted by atomic mass is 10.1. The van der Waals surface area contributed by atoms with Crippen LogP contribution >= 0.6 is 0 Å². The number of hydrogen-bond donors (Lipinski definition) is 0. The van der Waals surface area contributed by atoms with Crippen LogP contribution in [0.25, 0.3) is 11.0 Å². The molecule has 28 heavy (non-hydrogen) atoms. The van der Waals surface area contributed by atoms with Gasteiger partial charge < -0.3 is 9.32 Å². The van der Waals surface area contributed by atoms with Crippen molar-refractivity contribution in [2.45, 2.75) is 52.6 Å². The molecular weight excluding hydrogens is 352 g/mol. The Morgan fingerprint density at radius 1 is 1.36 bits per heavy atom. The van der Waals surface area contributed by atoms with E-state index in [4.69, 9.17) is 9.68 Å². The number of fused-ring (bicyclic) bond motifs is 1. The summed E-state index contributed by atoms with van der Waals surface area (Å²) in [4.78, 5) is 14.5. The van der Waals surface area contributed by atoms with Crippen LogP contribution in [0.3, 0.4) is 0 Å². The summed E-state index contributed by atoms with van der Waals surface area (Å²) in [5, 5.41) is 14.3. The van der Waals surface area contributed by atoms with Crippen molar-refractivity contribution < 1.29 is 9.21 Å². The lowest BCUT2D eigenvalue weighted by Crippen LogP contribution is -2.29. The van der Waals surface area contributed by atoms with E-state index in [0.717, 1.165) is 33.7 Å². The van der Waals surface area contributed by atoms with Gasteiger partial charge in [-0.2, -0.15) is 10.4 Å². The molecule has 0 aliphatic carbocycles. The standard InChI is InChI=1S/C22H26N4O2/c1-15-19(16(2)26(24-15)13-7-12-23)10-11-22(27)25(4)17(3)21-14-18-8-5-6-9-20(18)28-21/h5-6,8-9,14,17H,7,10-11,13H2,1-4H3. The second-order valence-corrected chi connectivity index (χ2v) is 7.15. The Bertz CT molecular complexity index is 992. The Labute approximate surface area is 165 Å². The number of aryl methyl sites for hydroxylation is 2. The minimum Gasteiger partial charge on any atom is -0.459 e. The molecule has 2 heterocycles. The largest absolute Gasteiger partial charge is 0.459 e. The summed E-state index contributed by atoms with van der Waals surface area (Å²) in [7, 11) is 1.82. The fourth-order valence-electron chi connectivity index (χ4n) is 3.49. The number of para-hydroxylation sites is 1. The predicted molar refractivity (Wildman–Crippen MR) is 108 cm³/mol. The van der Waals surface area contributed by atoms with Crippen LogP contribution in [0.2, 0.25) is 0 Å². The number of aromatic nitrogens is 2. The third kappa shape index (κ3) is 3.94. The molecule has 1 amide bonds. The van der Waals surface area contributed by atoms with Gasteiger partial charge in [0, 0.05) is 24.5 Å². The molecule has 6 nitrogen and oxygen atoms in total. The van der Waals surface area contributed by atoms with Gasteiger partial charge in [-0.3, -0.25) is 9.48 Å². The Balaban J connectivity index is 1.66. The summed E-state index contributed by atoms with van der Waals surface area (Å²) < 4.78 is 7.77. The molecule has 0 saturated carbocycles. The molecule has 0 aliphatic rings. The van der Waals surface area contributed by atoms with Crippen LogP contribution in [-0.2, 0) is 17.8 Å². The van der Waals surface area contributed by atoms with Gasteiger partial charge in [0.1, 0.15) is 11.3 Å². The molecule has 0 aliphatic heterocycles. The van der Waals surface area contributed by atoms with Gasteiger partial charge in [-0.25, -0.2) is 0 Å². The van der Waals surface area contributed by atoms with E-state index in [1.807, 2.05) is 62.8 Å². The molecule has 0 spiro atoms. The summed E-state index contributed by atoms with van der Waals surface area (Å²) in [6.45, 7) is 6.51. The number of rotatable bonds is 7. The van der Waals surface area contributed by atoms with Crippen molar-refractivity contribution in [3.8, 4) is 6.07 Å². The fraction of sp³-hybridized carbons (Fsp3) is 0.409. The third-order valence-corrected chi connectivity index (χ3v) is 5.39. The third-order valence-electron chi connectivity index (χ3n) is 5.39. The first-order chi connectivity index (χ1) is 13.4. The van der Waals surface area contributed by atoms with Gasteiger partial charge in [-0.1, -0.05) is 18.2 Å². The van der Waals surface area contributed by atoms with Gasteiger partial charge in [0.05, 0.1) is 30.8 Å². The van der Waals surface area contributed by atoms with E-state index in [1.54, 1.807) is 4.90 Å². The number of nitriles is 1. The number of hydrogen-bond acceptors (Lipinski definition) is 4. The topological polar surface area (TPSA) is 75.1 Å². The molecule has 3 aromatic rings. The second kappa shape index (κ2) is 8.30. The van der Waals surface area contributed by atoms with Crippen LogP contribution in [0, 0.1) is 25.2 Å². The highest BCUT2D eigenvalue weighted by molar-refractivity contribution is 5.79. The van der Waals surface area contributed by atoms with E-state index in [9.17, 15) is 4.79 Å². The highest BCUT2D eigenvalue weighted by Gasteiger charge is 2.21. The van der Waals surface area contributed by atoms with Crippen LogP contribution in [0.1, 0.15) is 48.5 Å². The second-order valence-electron chi connectivity index (χ2n) is 7.15. The highest BCUT2D eigenvalue weighted by atomic mass is 16.3. The predicted octanol–water partition coefficient (Wildman–Crippen LogP) is 4.31. The van der Waals surface area contributed by atoms with Crippen LogP contribution in [-0.4, -0.2) is 27.6 Å². The van der Waals surface area contributed by atoms with Gasteiger partial charge in [0.25, 0.3) is 0 Å². The number of benzene rings is 1. The summed E-state index contributed by atoms with van der Waals surface area (Å²) in [5.74, 6) is 0.852. The number of carbonyl (C=O) groups is 1. The average molecular weight is 378 g/mol. The SMILES string of the molecule is Cc1nn(CCC#N)c(C)c1CCC(=O)N(C)C(C)c1cc2ccccc2o1. The van der Waals surface area contributed by atoms with E-state index in [1.165, 1.54) is 0 Å². The van der Waals surface area contributed by atoms with Crippen molar-refractivity contribution in [3.63, 3.8) is 0 Å². The van der Waals surface area contributed by atoms with E-state index < -0.39 is 0 Å². The molecule has 0 saturated heterocycles.